The predicted molar refractivity (Wildman–Crippen MR) is 106 cm³/mol. The Bertz CT molecular complexity index is 832. The summed E-state index contributed by atoms with van der Waals surface area (Å²) >= 11 is 1.51. The first-order valence-corrected chi connectivity index (χ1v) is 10.1. The van der Waals surface area contributed by atoms with Crippen LogP contribution in [0.25, 0.3) is 0 Å². The molecule has 1 atom stereocenters. The van der Waals surface area contributed by atoms with Gasteiger partial charge in [-0.25, -0.2) is 4.98 Å². The molecule has 0 bridgehead atoms. The second-order valence-electron chi connectivity index (χ2n) is 7.24. The molecule has 7 heteroatoms. The van der Waals surface area contributed by atoms with Crippen LogP contribution in [0.4, 0.5) is 0 Å². The summed E-state index contributed by atoms with van der Waals surface area (Å²) in [5, 5.41) is 3.68. The Balaban J connectivity index is 1.60. The number of imidazole rings is 1. The van der Waals surface area contributed by atoms with Crippen LogP contribution in [-0.4, -0.2) is 27.5 Å². The van der Waals surface area contributed by atoms with Crippen molar-refractivity contribution < 1.29 is 14.3 Å². The Morgan fingerprint density at radius 1 is 1.26 bits per heavy atom. The zero-order valence-corrected chi connectivity index (χ0v) is 17.4. The minimum Gasteiger partial charge on any atom is -0.454 e. The molecule has 1 N–H and O–H groups in total. The molecule has 2 aromatic rings. The number of ether oxygens (including phenoxy) is 2. The third-order valence-electron chi connectivity index (χ3n) is 4.53. The average Bonchev–Trinajstić information content (AvgIpc) is 3.19. The lowest BCUT2D eigenvalue weighted by Gasteiger charge is -2.15. The molecule has 2 heterocycles. The van der Waals surface area contributed by atoms with E-state index in [9.17, 15) is 4.79 Å². The van der Waals surface area contributed by atoms with Gasteiger partial charge >= 0.3 is 0 Å². The highest BCUT2D eigenvalue weighted by atomic mass is 32.2. The Morgan fingerprint density at radius 2 is 2.00 bits per heavy atom. The smallest absolute Gasteiger partial charge is 0.233 e. The Kier molecular flexibility index (Phi) is 5.99. The summed E-state index contributed by atoms with van der Waals surface area (Å²) in [4.78, 5) is 17.2. The third kappa shape index (κ3) is 4.58. The largest absolute Gasteiger partial charge is 0.454 e. The minimum absolute atomic E-state index is 0.00734. The van der Waals surface area contributed by atoms with Gasteiger partial charge in [0.05, 0.1) is 10.9 Å². The van der Waals surface area contributed by atoms with Gasteiger partial charge in [-0.3, -0.25) is 4.79 Å². The number of aromatic nitrogens is 2. The minimum atomic E-state index is -0.230. The van der Waals surface area contributed by atoms with Gasteiger partial charge in [0.2, 0.25) is 12.7 Å². The molecule has 0 saturated heterocycles. The van der Waals surface area contributed by atoms with Gasteiger partial charge in [-0.1, -0.05) is 31.7 Å². The van der Waals surface area contributed by atoms with E-state index in [1.807, 2.05) is 32.0 Å². The molecule has 3 rings (SSSR count). The molecule has 27 heavy (non-hydrogen) atoms. The standard InChI is InChI=1S/C20H27N3O3S/c1-12(2)10-23-14(4)13(3)22-20(23)27-15(5)19(24)21-9-16-6-7-17-18(8-16)26-11-25-17/h6-8,12,15H,9-11H2,1-5H3,(H,21,24). The van der Waals surface area contributed by atoms with Crippen LogP contribution in [0.2, 0.25) is 0 Å². The molecule has 1 aliphatic rings. The molecule has 1 aromatic heterocycles. The van der Waals surface area contributed by atoms with Gasteiger partial charge in [0.15, 0.2) is 16.7 Å². The molecule has 1 aromatic carbocycles. The maximum absolute atomic E-state index is 12.6. The number of hydrogen-bond acceptors (Lipinski definition) is 5. The molecule has 146 valence electrons. The SMILES string of the molecule is Cc1nc(SC(C)C(=O)NCc2ccc3c(c2)OCO3)n(CC(C)C)c1C. The van der Waals surface area contributed by atoms with Gasteiger partial charge in [0.25, 0.3) is 0 Å². The van der Waals surface area contributed by atoms with Crippen LogP contribution in [0.5, 0.6) is 11.5 Å². The van der Waals surface area contributed by atoms with Crippen molar-refractivity contribution in [3.05, 3.63) is 35.2 Å². The summed E-state index contributed by atoms with van der Waals surface area (Å²) < 4.78 is 12.9. The molecule has 1 aliphatic heterocycles. The summed E-state index contributed by atoms with van der Waals surface area (Å²) in [6, 6.07) is 5.71. The van der Waals surface area contributed by atoms with Gasteiger partial charge in [-0.15, -0.1) is 0 Å². The van der Waals surface area contributed by atoms with Crippen molar-refractivity contribution in [3.8, 4) is 11.5 Å². The monoisotopic (exact) mass is 389 g/mol. The van der Waals surface area contributed by atoms with Crippen LogP contribution >= 0.6 is 11.8 Å². The number of rotatable bonds is 7. The number of hydrogen-bond donors (Lipinski definition) is 1. The first-order chi connectivity index (χ1) is 12.8. The van der Waals surface area contributed by atoms with Crippen molar-refractivity contribution in [2.45, 2.75) is 58.1 Å². The predicted octanol–water partition coefficient (Wildman–Crippen LogP) is 3.68. The van der Waals surface area contributed by atoms with E-state index in [2.05, 4.69) is 35.6 Å². The number of benzene rings is 1. The normalized spacial score (nSPS) is 13.9. The topological polar surface area (TPSA) is 65.4 Å². The van der Waals surface area contributed by atoms with Crippen molar-refractivity contribution in [2.75, 3.05) is 6.79 Å². The van der Waals surface area contributed by atoms with E-state index in [1.54, 1.807) is 0 Å². The van der Waals surface area contributed by atoms with Crippen molar-refractivity contribution >= 4 is 17.7 Å². The summed E-state index contributed by atoms with van der Waals surface area (Å²) in [7, 11) is 0. The fourth-order valence-corrected chi connectivity index (χ4v) is 3.92. The Morgan fingerprint density at radius 3 is 2.74 bits per heavy atom. The highest BCUT2D eigenvalue weighted by molar-refractivity contribution is 8.00. The van der Waals surface area contributed by atoms with E-state index in [0.29, 0.717) is 12.5 Å². The number of fused-ring (bicyclic) bond motifs is 1. The second kappa shape index (κ2) is 8.25. The van der Waals surface area contributed by atoms with Crippen LogP contribution < -0.4 is 14.8 Å². The van der Waals surface area contributed by atoms with E-state index in [1.165, 1.54) is 17.5 Å². The van der Waals surface area contributed by atoms with Crippen LogP contribution in [0, 0.1) is 19.8 Å². The molecular formula is C20H27N3O3S. The Hall–Kier alpha value is -2.15. The maximum atomic E-state index is 12.6. The summed E-state index contributed by atoms with van der Waals surface area (Å²) in [6.07, 6.45) is 0. The molecule has 0 spiro atoms. The molecule has 1 amide bonds. The van der Waals surface area contributed by atoms with Crippen molar-refractivity contribution in [3.63, 3.8) is 0 Å². The number of carbonyl (C=O) groups is 1. The zero-order chi connectivity index (χ0) is 19.6. The van der Waals surface area contributed by atoms with Gasteiger partial charge in [-0.2, -0.15) is 0 Å². The molecule has 0 radical (unpaired) electrons. The van der Waals surface area contributed by atoms with Crippen molar-refractivity contribution in [1.82, 2.24) is 14.9 Å². The van der Waals surface area contributed by atoms with Gasteiger partial charge < -0.3 is 19.4 Å². The van der Waals surface area contributed by atoms with E-state index in [4.69, 9.17) is 9.47 Å². The number of amides is 1. The van der Waals surface area contributed by atoms with Gasteiger partial charge in [0, 0.05) is 18.8 Å². The third-order valence-corrected chi connectivity index (χ3v) is 5.62. The van der Waals surface area contributed by atoms with E-state index in [-0.39, 0.29) is 18.0 Å². The van der Waals surface area contributed by atoms with Gasteiger partial charge in [0.1, 0.15) is 0 Å². The molecule has 6 nitrogen and oxygen atoms in total. The zero-order valence-electron chi connectivity index (χ0n) is 16.5. The number of nitrogens with zero attached hydrogens (tertiary/aromatic N) is 2. The second-order valence-corrected chi connectivity index (χ2v) is 8.54. The highest BCUT2D eigenvalue weighted by Gasteiger charge is 2.20. The maximum Gasteiger partial charge on any atom is 0.233 e. The number of aryl methyl sites for hydroxylation is 1. The number of nitrogens with one attached hydrogen (secondary N) is 1. The van der Waals surface area contributed by atoms with E-state index >= 15 is 0 Å². The fourth-order valence-electron chi connectivity index (χ4n) is 2.89. The van der Waals surface area contributed by atoms with Gasteiger partial charge in [-0.05, 0) is 44.4 Å². The number of thioether (sulfide) groups is 1. The molecule has 0 saturated carbocycles. The highest BCUT2D eigenvalue weighted by Crippen LogP contribution is 2.32. The van der Waals surface area contributed by atoms with Crippen molar-refractivity contribution in [2.24, 2.45) is 5.92 Å². The molecule has 0 fully saturated rings. The lowest BCUT2D eigenvalue weighted by Crippen LogP contribution is -2.30. The van der Waals surface area contributed by atoms with Crippen LogP contribution in [0.1, 0.15) is 37.7 Å². The summed E-state index contributed by atoms with van der Waals surface area (Å²) in [5.41, 5.74) is 3.17. The van der Waals surface area contributed by atoms with Crippen LogP contribution in [-0.2, 0) is 17.9 Å². The summed E-state index contributed by atoms with van der Waals surface area (Å²) in [5.74, 6) is 1.99. The Labute approximate surface area is 164 Å². The first kappa shape index (κ1) is 19.6. The van der Waals surface area contributed by atoms with Crippen molar-refractivity contribution in [1.29, 1.82) is 0 Å². The molecular weight excluding hydrogens is 362 g/mol. The van der Waals surface area contributed by atoms with Crippen LogP contribution in [0.3, 0.4) is 0 Å². The van der Waals surface area contributed by atoms with E-state index < -0.39 is 0 Å². The van der Waals surface area contributed by atoms with Crippen LogP contribution in [0.15, 0.2) is 23.4 Å². The lowest BCUT2D eigenvalue weighted by molar-refractivity contribution is -0.120. The summed E-state index contributed by atoms with van der Waals surface area (Å²) in [6.45, 7) is 12.0. The lowest BCUT2D eigenvalue weighted by atomic mass is 10.2. The fraction of sp³-hybridized carbons (Fsp3) is 0.500. The first-order valence-electron chi connectivity index (χ1n) is 9.21. The van der Waals surface area contributed by atoms with E-state index in [0.717, 1.165) is 34.5 Å². The molecule has 0 aliphatic carbocycles. The number of carbonyl (C=O) groups excluding carboxylic acids is 1. The molecule has 1 unspecified atom stereocenters. The quantitative estimate of drug-likeness (QED) is 0.732. The average molecular weight is 390 g/mol.